The average molecular weight is 266 g/mol. The van der Waals surface area contributed by atoms with E-state index in [1.54, 1.807) is 12.1 Å². The number of nitrogens with two attached hydrogens (primary N) is 1. The minimum Gasteiger partial charge on any atom is -0.389 e. The highest BCUT2D eigenvalue weighted by atomic mass is 32.1. The second kappa shape index (κ2) is 6.14. The SMILES string of the molecule is NC(=S)c1ccc(N2CCCCCCC2)cc1F. The lowest BCUT2D eigenvalue weighted by Crippen LogP contribution is -2.27. The summed E-state index contributed by atoms with van der Waals surface area (Å²) in [5.41, 5.74) is 6.74. The van der Waals surface area contributed by atoms with Gasteiger partial charge in [0.25, 0.3) is 0 Å². The molecule has 2 N–H and O–H groups in total. The molecule has 98 valence electrons. The molecule has 1 aromatic rings. The summed E-state index contributed by atoms with van der Waals surface area (Å²) in [5, 5.41) is 0. The standard InChI is InChI=1S/C14H19FN2S/c15-13-10-11(6-7-12(13)14(16)18)17-8-4-2-1-3-5-9-17/h6-7,10H,1-5,8-9H2,(H2,16,18). The van der Waals surface area contributed by atoms with Crippen molar-refractivity contribution in [2.75, 3.05) is 18.0 Å². The number of hydrogen-bond acceptors (Lipinski definition) is 2. The van der Waals surface area contributed by atoms with E-state index in [0.717, 1.165) is 18.8 Å². The third-order valence-corrected chi connectivity index (χ3v) is 3.66. The monoisotopic (exact) mass is 266 g/mol. The van der Waals surface area contributed by atoms with Gasteiger partial charge in [0.05, 0.1) is 0 Å². The summed E-state index contributed by atoms with van der Waals surface area (Å²) in [4.78, 5) is 2.37. The Kier molecular flexibility index (Phi) is 4.53. The Labute approximate surface area is 113 Å². The molecule has 1 fully saturated rings. The van der Waals surface area contributed by atoms with Crippen LogP contribution in [0.25, 0.3) is 0 Å². The molecular formula is C14H19FN2S. The number of halogens is 1. The zero-order chi connectivity index (χ0) is 13.0. The lowest BCUT2D eigenvalue weighted by Gasteiger charge is -2.27. The molecule has 0 amide bonds. The fourth-order valence-electron chi connectivity index (χ4n) is 2.41. The summed E-state index contributed by atoms with van der Waals surface area (Å²) in [6.45, 7) is 2.01. The minimum atomic E-state index is -0.318. The van der Waals surface area contributed by atoms with Gasteiger partial charge in [-0.3, -0.25) is 0 Å². The molecule has 0 spiro atoms. The van der Waals surface area contributed by atoms with E-state index in [1.165, 1.54) is 32.1 Å². The van der Waals surface area contributed by atoms with Crippen LogP contribution in [-0.4, -0.2) is 18.1 Å². The van der Waals surface area contributed by atoms with Crippen LogP contribution in [0.15, 0.2) is 18.2 Å². The maximum Gasteiger partial charge on any atom is 0.135 e. The van der Waals surface area contributed by atoms with Crippen molar-refractivity contribution in [2.24, 2.45) is 5.73 Å². The number of thiocarbonyl (C=S) groups is 1. The summed E-state index contributed by atoms with van der Waals surface area (Å²) in [7, 11) is 0. The van der Waals surface area contributed by atoms with Crippen molar-refractivity contribution in [3.63, 3.8) is 0 Å². The fraction of sp³-hybridized carbons (Fsp3) is 0.500. The molecule has 0 atom stereocenters. The van der Waals surface area contributed by atoms with Gasteiger partial charge in [0.1, 0.15) is 10.8 Å². The van der Waals surface area contributed by atoms with Gasteiger partial charge in [0, 0.05) is 24.3 Å². The number of benzene rings is 1. The van der Waals surface area contributed by atoms with Crippen LogP contribution in [-0.2, 0) is 0 Å². The molecule has 1 aliphatic heterocycles. The van der Waals surface area contributed by atoms with E-state index in [0.29, 0.717) is 5.56 Å². The second-order valence-corrected chi connectivity index (χ2v) is 5.22. The molecule has 2 nitrogen and oxygen atoms in total. The summed E-state index contributed by atoms with van der Waals surface area (Å²) in [6, 6.07) is 5.15. The Hall–Kier alpha value is -1.16. The van der Waals surface area contributed by atoms with Crippen molar-refractivity contribution in [3.05, 3.63) is 29.6 Å². The maximum atomic E-state index is 13.8. The second-order valence-electron chi connectivity index (χ2n) is 4.78. The molecule has 0 bridgehead atoms. The quantitative estimate of drug-likeness (QED) is 0.833. The Morgan fingerprint density at radius 3 is 2.28 bits per heavy atom. The van der Waals surface area contributed by atoms with E-state index in [9.17, 15) is 4.39 Å². The van der Waals surface area contributed by atoms with E-state index in [-0.39, 0.29) is 10.8 Å². The molecule has 0 unspecified atom stereocenters. The third kappa shape index (κ3) is 3.19. The zero-order valence-electron chi connectivity index (χ0n) is 10.5. The lowest BCUT2D eigenvalue weighted by atomic mass is 10.1. The van der Waals surface area contributed by atoms with Gasteiger partial charge in [0.2, 0.25) is 0 Å². The number of anilines is 1. The number of nitrogens with zero attached hydrogens (tertiary/aromatic N) is 1. The molecule has 0 saturated carbocycles. The van der Waals surface area contributed by atoms with Gasteiger partial charge in [-0.2, -0.15) is 0 Å². The number of rotatable bonds is 2. The lowest BCUT2D eigenvalue weighted by molar-refractivity contribution is 0.555. The largest absolute Gasteiger partial charge is 0.389 e. The van der Waals surface area contributed by atoms with Crippen molar-refractivity contribution >= 4 is 22.9 Å². The van der Waals surface area contributed by atoms with E-state index in [1.807, 2.05) is 6.07 Å². The molecule has 1 aromatic carbocycles. The van der Waals surface area contributed by atoms with Crippen molar-refractivity contribution in [3.8, 4) is 0 Å². The van der Waals surface area contributed by atoms with Gasteiger partial charge in [-0.15, -0.1) is 0 Å². The molecule has 1 saturated heterocycles. The summed E-state index contributed by atoms with van der Waals surface area (Å²) in [5.74, 6) is -0.318. The molecule has 0 radical (unpaired) electrons. The zero-order valence-corrected chi connectivity index (χ0v) is 11.3. The van der Waals surface area contributed by atoms with Gasteiger partial charge < -0.3 is 10.6 Å². The molecule has 0 aromatic heterocycles. The van der Waals surface area contributed by atoms with Crippen molar-refractivity contribution in [2.45, 2.75) is 32.1 Å². The van der Waals surface area contributed by atoms with E-state index >= 15 is 0 Å². The smallest absolute Gasteiger partial charge is 0.135 e. The minimum absolute atomic E-state index is 0.117. The van der Waals surface area contributed by atoms with Crippen LogP contribution < -0.4 is 10.6 Å². The molecule has 18 heavy (non-hydrogen) atoms. The van der Waals surface area contributed by atoms with Gasteiger partial charge in [-0.25, -0.2) is 4.39 Å². The van der Waals surface area contributed by atoms with Crippen LogP contribution in [0.3, 0.4) is 0 Å². The Morgan fingerprint density at radius 1 is 1.11 bits per heavy atom. The predicted octanol–water partition coefficient (Wildman–Crippen LogP) is 3.23. The van der Waals surface area contributed by atoms with Gasteiger partial charge in [-0.1, -0.05) is 31.5 Å². The van der Waals surface area contributed by atoms with E-state index in [4.69, 9.17) is 18.0 Å². The third-order valence-electron chi connectivity index (χ3n) is 3.44. The molecule has 1 heterocycles. The van der Waals surface area contributed by atoms with Crippen LogP contribution in [0.2, 0.25) is 0 Å². The highest BCUT2D eigenvalue weighted by Crippen LogP contribution is 2.22. The van der Waals surface area contributed by atoms with E-state index < -0.39 is 0 Å². The van der Waals surface area contributed by atoms with Crippen molar-refractivity contribution in [1.82, 2.24) is 0 Å². The van der Waals surface area contributed by atoms with Crippen LogP contribution in [0.5, 0.6) is 0 Å². The topological polar surface area (TPSA) is 29.3 Å². The Morgan fingerprint density at radius 2 is 1.72 bits per heavy atom. The van der Waals surface area contributed by atoms with Gasteiger partial charge >= 0.3 is 0 Å². The Balaban J connectivity index is 2.16. The van der Waals surface area contributed by atoms with Gasteiger partial charge in [0.15, 0.2) is 0 Å². The number of hydrogen-bond donors (Lipinski definition) is 1. The highest BCUT2D eigenvalue weighted by Gasteiger charge is 2.12. The van der Waals surface area contributed by atoms with Crippen LogP contribution in [0, 0.1) is 5.82 Å². The predicted molar refractivity (Wildman–Crippen MR) is 77.6 cm³/mol. The van der Waals surface area contributed by atoms with Crippen molar-refractivity contribution in [1.29, 1.82) is 0 Å². The Bertz CT molecular complexity index is 426. The first-order chi connectivity index (χ1) is 8.68. The molecule has 0 aliphatic carbocycles. The van der Waals surface area contributed by atoms with Gasteiger partial charge in [-0.05, 0) is 31.0 Å². The first-order valence-corrected chi connectivity index (χ1v) is 6.93. The van der Waals surface area contributed by atoms with Crippen LogP contribution in [0.1, 0.15) is 37.7 Å². The average Bonchev–Trinajstić information content (AvgIpc) is 2.27. The maximum absolute atomic E-state index is 13.8. The molecular weight excluding hydrogens is 247 g/mol. The molecule has 4 heteroatoms. The van der Waals surface area contributed by atoms with Crippen LogP contribution in [0.4, 0.5) is 10.1 Å². The van der Waals surface area contributed by atoms with Crippen molar-refractivity contribution < 1.29 is 4.39 Å². The summed E-state index contributed by atoms with van der Waals surface area (Å²) in [6.07, 6.45) is 6.22. The fourth-order valence-corrected chi connectivity index (χ4v) is 2.57. The normalized spacial score (nSPS) is 17.1. The summed E-state index contributed by atoms with van der Waals surface area (Å²) >= 11 is 4.81. The summed E-state index contributed by atoms with van der Waals surface area (Å²) < 4.78 is 13.8. The highest BCUT2D eigenvalue weighted by molar-refractivity contribution is 7.80. The first-order valence-electron chi connectivity index (χ1n) is 6.53. The first kappa shape index (κ1) is 13.3. The van der Waals surface area contributed by atoms with Crippen LogP contribution >= 0.6 is 12.2 Å². The van der Waals surface area contributed by atoms with E-state index in [2.05, 4.69) is 4.90 Å². The molecule has 1 aliphatic rings. The molecule has 2 rings (SSSR count).